The average Bonchev–Trinajstić information content (AvgIpc) is 1.86. The van der Waals surface area contributed by atoms with Gasteiger partial charge in [-0.25, -0.2) is 0 Å². The molecule has 0 aromatic carbocycles. The van der Waals surface area contributed by atoms with Gasteiger partial charge in [-0.2, -0.15) is 0 Å². The molecule has 1 N–H and O–H groups in total. The molecule has 1 aliphatic heterocycles. The fourth-order valence-corrected chi connectivity index (χ4v) is 0.565. The van der Waals surface area contributed by atoms with Crippen molar-refractivity contribution in [3.63, 3.8) is 0 Å². The Labute approximate surface area is 58.2 Å². The van der Waals surface area contributed by atoms with E-state index < -0.39 is 0 Å². The first-order chi connectivity index (χ1) is 2.89. The van der Waals surface area contributed by atoms with Crippen LogP contribution in [0.5, 0.6) is 0 Å². The quantitative estimate of drug-likeness (QED) is 0.534. The monoisotopic (exact) mass is 192 g/mol. The molecule has 0 aromatic rings. The summed E-state index contributed by atoms with van der Waals surface area (Å²) in [5, 5.41) is 2.68. The van der Waals surface area contributed by atoms with Crippen LogP contribution in [-0.2, 0) is 27.2 Å². The Morgan fingerprint density at radius 2 is 2.29 bits per heavy atom. The first-order valence-electron chi connectivity index (χ1n) is 2.16. The average molecular weight is 193 g/mol. The van der Waals surface area contributed by atoms with Gasteiger partial charge in [-0.3, -0.25) is 4.79 Å². The molecular formula is C4H7AgNO. The number of hydrogen-bond donors (Lipinski definition) is 1. The van der Waals surface area contributed by atoms with Crippen molar-refractivity contribution in [3.8, 4) is 0 Å². The van der Waals surface area contributed by atoms with Gasteiger partial charge in [0.2, 0.25) is 5.91 Å². The van der Waals surface area contributed by atoms with E-state index in [-0.39, 0.29) is 28.3 Å². The summed E-state index contributed by atoms with van der Waals surface area (Å²) in [6.07, 6.45) is 1.76. The van der Waals surface area contributed by atoms with Crippen molar-refractivity contribution in [3.05, 3.63) is 0 Å². The summed E-state index contributed by atoms with van der Waals surface area (Å²) < 4.78 is 0. The number of carbonyl (C=O) groups is 1. The van der Waals surface area contributed by atoms with Gasteiger partial charge in [-0.1, -0.05) is 0 Å². The molecule has 0 aromatic heterocycles. The summed E-state index contributed by atoms with van der Waals surface area (Å²) in [5.74, 6) is 0.204. The van der Waals surface area contributed by atoms with E-state index in [1.54, 1.807) is 0 Å². The Hall–Kier alpha value is 0.210. The minimum atomic E-state index is 0. The van der Waals surface area contributed by atoms with E-state index in [2.05, 4.69) is 5.32 Å². The van der Waals surface area contributed by atoms with Gasteiger partial charge in [0.1, 0.15) is 0 Å². The van der Waals surface area contributed by atoms with Gasteiger partial charge in [0.15, 0.2) is 0 Å². The molecule has 3 heteroatoms. The molecule has 1 fully saturated rings. The Balaban J connectivity index is 0.000000360. The minimum Gasteiger partial charge on any atom is -0.356 e. The van der Waals surface area contributed by atoms with Crippen LogP contribution in [0, 0.1) is 0 Å². The van der Waals surface area contributed by atoms with Gasteiger partial charge < -0.3 is 5.32 Å². The third-order valence-corrected chi connectivity index (χ3v) is 0.903. The van der Waals surface area contributed by atoms with Crippen molar-refractivity contribution in [2.75, 3.05) is 6.54 Å². The molecular weight excluding hydrogens is 186 g/mol. The normalized spacial score (nSPS) is 18.0. The first-order valence-corrected chi connectivity index (χ1v) is 2.16. The summed E-state index contributed by atoms with van der Waals surface area (Å²) in [6.45, 7) is 0.888. The predicted octanol–water partition coefficient (Wildman–Crippen LogP) is -0.106. The zero-order valence-corrected chi connectivity index (χ0v) is 5.31. The molecule has 0 saturated carbocycles. The molecule has 45 valence electrons. The molecule has 0 aliphatic carbocycles. The molecule has 0 unspecified atom stereocenters. The third-order valence-electron chi connectivity index (χ3n) is 0.903. The van der Waals surface area contributed by atoms with Crippen molar-refractivity contribution in [2.45, 2.75) is 12.8 Å². The summed E-state index contributed by atoms with van der Waals surface area (Å²) in [7, 11) is 0. The second kappa shape index (κ2) is 3.24. The van der Waals surface area contributed by atoms with Gasteiger partial charge in [-0.15, -0.1) is 0 Å². The number of nitrogens with one attached hydrogen (secondary N) is 1. The maximum atomic E-state index is 10.1. The standard InChI is InChI=1S/C4H7NO.Ag/c6-4-2-1-3-5-4;/h1-3H2,(H,5,6);. The van der Waals surface area contributed by atoms with Crippen LogP contribution in [0.1, 0.15) is 12.8 Å². The molecule has 0 atom stereocenters. The molecule has 0 bridgehead atoms. The van der Waals surface area contributed by atoms with Crippen LogP contribution in [0.25, 0.3) is 0 Å². The number of rotatable bonds is 0. The Morgan fingerprint density at radius 1 is 1.57 bits per heavy atom. The van der Waals surface area contributed by atoms with Crippen LogP contribution < -0.4 is 5.32 Å². The number of hydrogen-bond acceptors (Lipinski definition) is 1. The fourth-order valence-electron chi connectivity index (χ4n) is 0.565. The largest absolute Gasteiger partial charge is 0.356 e. The third kappa shape index (κ3) is 2.12. The van der Waals surface area contributed by atoms with E-state index in [1.807, 2.05) is 0 Å². The van der Waals surface area contributed by atoms with Gasteiger partial charge in [0.25, 0.3) is 0 Å². The first kappa shape index (κ1) is 7.21. The van der Waals surface area contributed by atoms with E-state index in [0.29, 0.717) is 0 Å². The van der Waals surface area contributed by atoms with Gasteiger partial charge >= 0.3 is 0 Å². The van der Waals surface area contributed by atoms with Crippen LogP contribution in [0.4, 0.5) is 0 Å². The topological polar surface area (TPSA) is 29.1 Å². The number of amides is 1. The minimum absolute atomic E-state index is 0. The summed E-state index contributed by atoms with van der Waals surface area (Å²) >= 11 is 0. The molecule has 0 spiro atoms. The molecule has 2 nitrogen and oxygen atoms in total. The van der Waals surface area contributed by atoms with Gasteiger partial charge in [0.05, 0.1) is 0 Å². The number of carbonyl (C=O) groups excluding carboxylic acids is 1. The van der Waals surface area contributed by atoms with Gasteiger partial charge in [-0.05, 0) is 6.42 Å². The van der Waals surface area contributed by atoms with E-state index in [9.17, 15) is 4.79 Å². The van der Waals surface area contributed by atoms with Crippen molar-refractivity contribution in [1.82, 2.24) is 5.32 Å². The molecule has 1 amide bonds. The Bertz CT molecular complexity index is 66.1. The maximum Gasteiger partial charge on any atom is 0.220 e. The Kier molecular flexibility index (Phi) is 3.34. The molecule has 1 aliphatic rings. The summed E-state index contributed by atoms with van der Waals surface area (Å²) in [6, 6.07) is 0. The second-order valence-corrected chi connectivity index (χ2v) is 1.45. The van der Waals surface area contributed by atoms with E-state index >= 15 is 0 Å². The maximum absolute atomic E-state index is 10.1. The zero-order valence-electron chi connectivity index (χ0n) is 3.83. The van der Waals surface area contributed by atoms with E-state index in [1.165, 1.54) is 0 Å². The van der Waals surface area contributed by atoms with Crippen molar-refractivity contribution >= 4 is 5.91 Å². The second-order valence-electron chi connectivity index (χ2n) is 1.45. The zero-order chi connectivity index (χ0) is 4.41. The summed E-state index contributed by atoms with van der Waals surface area (Å²) in [5.41, 5.74) is 0. The Morgan fingerprint density at radius 3 is 2.43 bits per heavy atom. The van der Waals surface area contributed by atoms with Crippen molar-refractivity contribution in [1.29, 1.82) is 0 Å². The SMILES string of the molecule is O=C1CCCN1.[Ag]. The van der Waals surface area contributed by atoms with E-state index in [4.69, 9.17) is 0 Å². The van der Waals surface area contributed by atoms with Gasteiger partial charge in [0, 0.05) is 35.3 Å². The molecule has 1 heterocycles. The van der Waals surface area contributed by atoms with Crippen LogP contribution in [-0.4, -0.2) is 12.5 Å². The van der Waals surface area contributed by atoms with Crippen LogP contribution in [0.3, 0.4) is 0 Å². The molecule has 7 heavy (non-hydrogen) atoms. The van der Waals surface area contributed by atoms with Crippen LogP contribution in [0.15, 0.2) is 0 Å². The van der Waals surface area contributed by atoms with Crippen molar-refractivity contribution in [2.24, 2.45) is 0 Å². The smallest absolute Gasteiger partial charge is 0.220 e. The van der Waals surface area contributed by atoms with Crippen LogP contribution in [0.2, 0.25) is 0 Å². The van der Waals surface area contributed by atoms with E-state index in [0.717, 1.165) is 19.4 Å². The van der Waals surface area contributed by atoms with Crippen molar-refractivity contribution < 1.29 is 27.2 Å². The van der Waals surface area contributed by atoms with Crippen LogP contribution >= 0.6 is 0 Å². The fraction of sp³-hybridized carbons (Fsp3) is 0.750. The predicted molar refractivity (Wildman–Crippen MR) is 22.2 cm³/mol. The molecule has 1 radical (unpaired) electrons. The molecule has 1 saturated heterocycles. The molecule has 1 rings (SSSR count). The summed E-state index contributed by atoms with van der Waals surface area (Å²) in [4.78, 5) is 10.1.